The first-order chi connectivity index (χ1) is 12.5. The minimum absolute atomic E-state index is 0.0626. The lowest BCUT2D eigenvalue weighted by Crippen LogP contribution is -2.42. The molecule has 1 aliphatic rings. The van der Waals surface area contributed by atoms with E-state index in [4.69, 9.17) is 0 Å². The van der Waals surface area contributed by atoms with Crippen LogP contribution in [0.5, 0.6) is 0 Å². The number of aromatic nitrogens is 2. The van der Waals surface area contributed by atoms with E-state index >= 15 is 0 Å². The van der Waals surface area contributed by atoms with E-state index in [0.717, 1.165) is 38.1 Å². The first-order valence-electron chi connectivity index (χ1n) is 8.71. The molecule has 0 aliphatic carbocycles. The fourth-order valence-corrected chi connectivity index (χ4v) is 3.18. The zero-order chi connectivity index (χ0) is 18.7. The third-order valence-electron chi connectivity index (χ3n) is 4.71. The molecule has 1 aromatic carbocycles. The summed E-state index contributed by atoms with van der Waals surface area (Å²) in [6, 6.07) is 5.97. The van der Waals surface area contributed by atoms with E-state index in [1.54, 1.807) is 0 Å². The van der Waals surface area contributed by atoms with E-state index in [0.29, 0.717) is 12.0 Å². The molecule has 0 radical (unpaired) electrons. The summed E-state index contributed by atoms with van der Waals surface area (Å²) in [5.74, 6) is -1.06. The molecule has 5 nitrogen and oxygen atoms in total. The number of halogens is 2. The van der Waals surface area contributed by atoms with Gasteiger partial charge in [-0.15, -0.1) is 0 Å². The zero-order valence-electron chi connectivity index (χ0n) is 14.8. The van der Waals surface area contributed by atoms with Crippen molar-refractivity contribution in [3.63, 3.8) is 0 Å². The molecule has 3 rings (SSSR count). The Bertz CT molecular complexity index is 823. The molecule has 0 bridgehead atoms. The van der Waals surface area contributed by atoms with Crippen LogP contribution >= 0.6 is 0 Å². The Hall–Kier alpha value is -2.59. The monoisotopic (exact) mass is 357 g/mol. The maximum absolute atomic E-state index is 14.0. The lowest BCUT2D eigenvalue weighted by molar-refractivity contribution is 0.177. The van der Waals surface area contributed by atoms with Gasteiger partial charge >= 0.3 is 0 Å². The number of anilines is 1. The van der Waals surface area contributed by atoms with Crippen LogP contribution in [0.15, 0.2) is 24.4 Å². The number of nitriles is 1. The summed E-state index contributed by atoms with van der Waals surface area (Å²) in [6.07, 6.45) is 3.35. The highest BCUT2D eigenvalue weighted by molar-refractivity contribution is 5.69. The lowest BCUT2D eigenvalue weighted by Gasteiger charge is -2.34. The molecular formula is C19H21F2N5. The van der Waals surface area contributed by atoms with Crippen molar-refractivity contribution in [1.82, 2.24) is 14.9 Å². The Morgan fingerprint density at radius 2 is 1.96 bits per heavy atom. The molecule has 1 saturated heterocycles. The van der Waals surface area contributed by atoms with Gasteiger partial charge in [-0.1, -0.05) is 0 Å². The molecule has 1 fully saturated rings. The number of hydrogen-bond acceptors (Lipinski definition) is 5. The van der Waals surface area contributed by atoms with Gasteiger partial charge in [0.25, 0.3) is 0 Å². The predicted octanol–water partition coefficient (Wildman–Crippen LogP) is 3.58. The molecule has 0 amide bonds. The van der Waals surface area contributed by atoms with Gasteiger partial charge in [-0.3, -0.25) is 0 Å². The molecule has 1 aliphatic heterocycles. The summed E-state index contributed by atoms with van der Waals surface area (Å²) in [6.45, 7) is 6.37. The van der Waals surface area contributed by atoms with E-state index in [9.17, 15) is 14.0 Å². The molecule has 7 heteroatoms. The number of nitrogens with one attached hydrogen (secondary N) is 1. The van der Waals surface area contributed by atoms with Crippen molar-refractivity contribution in [1.29, 1.82) is 5.26 Å². The Labute approximate surface area is 151 Å². The fraction of sp³-hybridized carbons (Fsp3) is 0.421. The van der Waals surface area contributed by atoms with Crippen LogP contribution in [0.2, 0.25) is 0 Å². The number of benzene rings is 1. The van der Waals surface area contributed by atoms with Gasteiger partial charge < -0.3 is 10.2 Å². The largest absolute Gasteiger partial charge is 0.351 e. The molecule has 0 spiro atoms. The minimum atomic E-state index is -0.744. The number of likely N-dealkylation sites (tertiary alicyclic amines) is 1. The second-order valence-electron chi connectivity index (χ2n) is 6.74. The van der Waals surface area contributed by atoms with E-state index in [2.05, 4.69) is 34.0 Å². The number of nitrogens with zero attached hydrogens (tertiary/aromatic N) is 4. The molecular weight excluding hydrogens is 336 g/mol. The zero-order valence-corrected chi connectivity index (χ0v) is 14.8. The maximum atomic E-state index is 14.0. The van der Waals surface area contributed by atoms with Crippen LogP contribution in [0.4, 0.5) is 14.7 Å². The first kappa shape index (κ1) is 18.2. The standard InChI is InChI=1S/C19H21F2N5/c1-12(2)26-7-5-14(6-8-26)24-19-23-11-16(18(10-22)25-19)15-4-3-13(20)9-17(15)21/h3-4,9,11-12,14H,5-8H2,1-2H3,(H,23,24,25). The summed E-state index contributed by atoms with van der Waals surface area (Å²) >= 11 is 0. The van der Waals surface area contributed by atoms with Gasteiger partial charge in [-0.05, 0) is 38.8 Å². The second-order valence-corrected chi connectivity index (χ2v) is 6.74. The van der Waals surface area contributed by atoms with Crippen LogP contribution in [-0.2, 0) is 0 Å². The van der Waals surface area contributed by atoms with Crippen molar-refractivity contribution in [3.05, 3.63) is 41.7 Å². The van der Waals surface area contributed by atoms with Crippen molar-refractivity contribution in [2.45, 2.75) is 38.8 Å². The summed E-state index contributed by atoms with van der Waals surface area (Å²) in [4.78, 5) is 10.9. The van der Waals surface area contributed by atoms with Crippen LogP contribution in [0.1, 0.15) is 32.4 Å². The Kier molecular flexibility index (Phi) is 5.43. The number of hydrogen-bond donors (Lipinski definition) is 1. The fourth-order valence-electron chi connectivity index (χ4n) is 3.18. The SMILES string of the molecule is CC(C)N1CCC(Nc2ncc(-c3ccc(F)cc3F)c(C#N)n2)CC1. The van der Waals surface area contributed by atoms with Crippen molar-refractivity contribution >= 4 is 5.95 Å². The molecule has 26 heavy (non-hydrogen) atoms. The summed E-state index contributed by atoms with van der Waals surface area (Å²) in [7, 11) is 0. The highest BCUT2D eigenvalue weighted by atomic mass is 19.1. The average Bonchev–Trinajstić information content (AvgIpc) is 2.62. The molecule has 136 valence electrons. The van der Waals surface area contributed by atoms with Crippen molar-refractivity contribution in [2.75, 3.05) is 18.4 Å². The quantitative estimate of drug-likeness (QED) is 0.906. The summed E-state index contributed by atoms with van der Waals surface area (Å²) < 4.78 is 27.1. The Balaban J connectivity index is 1.76. The summed E-state index contributed by atoms with van der Waals surface area (Å²) in [5.41, 5.74) is 0.428. The predicted molar refractivity (Wildman–Crippen MR) is 95.5 cm³/mol. The van der Waals surface area contributed by atoms with Gasteiger partial charge in [0, 0.05) is 48.6 Å². The normalized spacial score (nSPS) is 15.8. The first-order valence-corrected chi connectivity index (χ1v) is 8.71. The van der Waals surface area contributed by atoms with Crippen LogP contribution in [0, 0.1) is 23.0 Å². The van der Waals surface area contributed by atoms with Crippen molar-refractivity contribution < 1.29 is 8.78 Å². The van der Waals surface area contributed by atoms with Crippen LogP contribution in [0.3, 0.4) is 0 Å². The third kappa shape index (κ3) is 3.97. The third-order valence-corrected chi connectivity index (χ3v) is 4.71. The topological polar surface area (TPSA) is 64.8 Å². The molecule has 1 N–H and O–H groups in total. The van der Waals surface area contributed by atoms with Crippen molar-refractivity contribution in [2.24, 2.45) is 0 Å². The Morgan fingerprint density at radius 1 is 1.23 bits per heavy atom. The highest BCUT2D eigenvalue weighted by Gasteiger charge is 2.22. The second kappa shape index (κ2) is 7.75. The van der Waals surface area contributed by atoms with Crippen LogP contribution in [-0.4, -0.2) is 40.0 Å². The molecule has 0 saturated carbocycles. The minimum Gasteiger partial charge on any atom is -0.351 e. The molecule has 0 atom stereocenters. The van der Waals surface area contributed by atoms with Crippen LogP contribution < -0.4 is 5.32 Å². The molecule has 2 aromatic rings. The van der Waals surface area contributed by atoms with E-state index in [1.807, 2.05) is 6.07 Å². The van der Waals surface area contributed by atoms with E-state index in [-0.39, 0.29) is 22.9 Å². The lowest BCUT2D eigenvalue weighted by atomic mass is 10.0. The Morgan fingerprint density at radius 3 is 2.58 bits per heavy atom. The summed E-state index contributed by atoms with van der Waals surface area (Å²) in [5, 5.41) is 12.6. The average molecular weight is 357 g/mol. The highest BCUT2D eigenvalue weighted by Crippen LogP contribution is 2.26. The van der Waals surface area contributed by atoms with E-state index in [1.165, 1.54) is 12.3 Å². The molecule has 2 heterocycles. The molecule has 0 unspecified atom stereocenters. The van der Waals surface area contributed by atoms with Gasteiger partial charge in [-0.25, -0.2) is 18.7 Å². The van der Waals surface area contributed by atoms with E-state index < -0.39 is 11.6 Å². The van der Waals surface area contributed by atoms with Gasteiger partial charge in [-0.2, -0.15) is 5.26 Å². The maximum Gasteiger partial charge on any atom is 0.224 e. The van der Waals surface area contributed by atoms with Crippen molar-refractivity contribution in [3.8, 4) is 17.2 Å². The molecule has 1 aromatic heterocycles. The van der Waals surface area contributed by atoms with Crippen LogP contribution in [0.25, 0.3) is 11.1 Å². The number of piperidine rings is 1. The van der Waals surface area contributed by atoms with Gasteiger partial charge in [0.1, 0.15) is 17.7 Å². The van der Waals surface area contributed by atoms with Gasteiger partial charge in [0.05, 0.1) is 0 Å². The van der Waals surface area contributed by atoms with Gasteiger partial charge in [0.2, 0.25) is 5.95 Å². The smallest absolute Gasteiger partial charge is 0.224 e. The van der Waals surface area contributed by atoms with Gasteiger partial charge in [0.15, 0.2) is 5.69 Å². The number of rotatable bonds is 4.